The second-order valence-corrected chi connectivity index (χ2v) is 4.41. The van der Waals surface area contributed by atoms with Gasteiger partial charge in [-0.05, 0) is 13.3 Å². The Morgan fingerprint density at radius 1 is 1.61 bits per heavy atom. The maximum atomic E-state index is 11.9. The van der Waals surface area contributed by atoms with Gasteiger partial charge in [-0.3, -0.25) is 9.48 Å². The van der Waals surface area contributed by atoms with E-state index in [9.17, 15) is 4.79 Å². The first kappa shape index (κ1) is 14.7. The molecule has 0 aliphatic rings. The van der Waals surface area contributed by atoms with Gasteiger partial charge in [-0.1, -0.05) is 18.5 Å². The second-order valence-electron chi connectivity index (χ2n) is 4.03. The molecule has 1 atom stereocenters. The number of halogens is 1. The molecule has 5 heteroatoms. The largest absolute Gasteiger partial charge is 0.321 e. The minimum atomic E-state index is -0.628. The van der Waals surface area contributed by atoms with Crippen molar-refractivity contribution in [3.8, 4) is 12.3 Å². The van der Waals surface area contributed by atoms with Crippen LogP contribution in [0.15, 0.2) is 0 Å². The summed E-state index contributed by atoms with van der Waals surface area (Å²) in [6, 6.07) is -0.628. The summed E-state index contributed by atoms with van der Waals surface area (Å²) < 4.78 is 1.75. The normalized spacial score (nSPS) is 12.2. The van der Waals surface area contributed by atoms with Crippen molar-refractivity contribution in [3.63, 3.8) is 0 Å². The molecule has 98 valence electrons. The number of ketones is 1. The highest BCUT2D eigenvalue weighted by atomic mass is 35.5. The Balaban J connectivity index is 2.93. The SMILES string of the molecule is C#CCC(N)C(=O)Cc1c(Cl)c(CC)nn1CC. The van der Waals surface area contributed by atoms with Crippen LogP contribution in [0.4, 0.5) is 0 Å². The molecule has 1 rings (SSSR count). The van der Waals surface area contributed by atoms with Gasteiger partial charge in [-0.2, -0.15) is 5.10 Å². The van der Waals surface area contributed by atoms with Crippen LogP contribution in [0, 0.1) is 12.3 Å². The number of hydrogen-bond acceptors (Lipinski definition) is 3. The van der Waals surface area contributed by atoms with E-state index in [1.54, 1.807) is 4.68 Å². The van der Waals surface area contributed by atoms with Gasteiger partial charge in [0.25, 0.3) is 0 Å². The van der Waals surface area contributed by atoms with Gasteiger partial charge in [-0.25, -0.2) is 0 Å². The number of nitrogens with zero attached hydrogens (tertiary/aromatic N) is 2. The van der Waals surface area contributed by atoms with Crippen LogP contribution < -0.4 is 5.73 Å². The Kier molecular flexibility index (Phi) is 5.39. The predicted octanol–water partition coefficient (Wildman–Crippen LogP) is 1.58. The topological polar surface area (TPSA) is 60.9 Å². The van der Waals surface area contributed by atoms with Crippen molar-refractivity contribution in [2.24, 2.45) is 5.73 Å². The van der Waals surface area contributed by atoms with Crippen molar-refractivity contribution < 1.29 is 4.79 Å². The lowest BCUT2D eigenvalue weighted by Gasteiger charge is -2.08. The van der Waals surface area contributed by atoms with Crippen LogP contribution >= 0.6 is 11.6 Å². The molecule has 0 radical (unpaired) electrons. The highest BCUT2D eigenvalue weighted by Gasteiger charge is 2.20. The van der Waals surface area contributed by atoms with Crippen LogP contribution in [0.3, 0.4) is 0 Å². The lowest BCUT2D eigenvalue weighted by Crippen LogP contribution is -2.32. The number of aromatic nitrogens is 2. The van der Waals surface area contributed by atoms with Crippen LogP contribution in [0.5, 0.6) is 0 Å². The molecule has 0 bridgehead atoms. The molecule has 0 spiro atoms. The van der Waals surface area contributed by atoms with Gasteiger partial charge in [0, 0.05) is 13.0 Å². The minimum Gasteiger partial charge on any atom is -0.321 e. The zero-order valence-electron chi connectivity index (χ0n) is 10.7. The molecule has 0 aromatic carbocycles. The zero-order valence-corrected chi connectivity index (χ0v) is 11.5. The van der Waals surface area contributed by atoms with Gasteiger partial charge < -0.3 is 5.73 Å². The van der Waals surface area contributed by atoms with Crippen LogP contribution in [-0.2, 0) is 24.2 Å². The molecular weight excluding hydrogens is 250 g/mol. The molecule has 0 amide bonds. The summed E-state index contributed by atoms with van der Waals surface area (Å²) in [6.45, 7) is 4.61. The van der Waals surface area contributed by atoms with E-state index in [1.165, 1.54) is 0 Å². The number of hydrogen-bond donors (Lipinski definition) is 1. The highest BCUT2D eigenvalue weighted by Crippen LogP contribution is 2.22. The van der Waals surface area contributed by atoms with Gasteiger partial charge >= 0.3 is 0 Å². The average molecular weight is 268 g/mol. The van der Waals surface area contributed by atoms with Crippen molar-refractivity contribution in [1.29, 1.82) is 0 Å². The zero-order chi connectivity index (χ0) is 13.7. The van der Waals surface area contributed by atoms with Crippen molar-refractivity contribution in [2.75, 3.05) is 0 Å². The van der Waals surface area contributed by atoms with E-state index < -0.39 is 6.04 Å². The van der Waals surface area contributed by atoms with Gasteiger partial charge in [0.1, 0.15) is 0 Å². The summed E-state index contributed by atoms with van der Waals surface area (Å²) in [5.74, 6) is 2.29. The van der Waals surface area contributed by atoms with Crippen LogP contribution in [0.1, 0.15) is 31.7 Å². The lowest BCUT2D eigenvalue weighted by atomic mass is 10.1. The summed E-state index contributed by atoms with van der Waals surface area (Å²) >= 11 is 6.22. The van der Waals surface area contributed by atoms with Gasteiger partial charge in [0.2, 0.25) is 0 Å². The number of nitrogens with two attached hydrogens (primary N) is 1. The summed E-state index contributed by atoms with van der Waals surface area (Å²) in [4.78, 5) is 11.9. The Labute approximate surface area is 112 Å². The number of Topliss-reactive ketones (excluding diaryl/α,β-unsaturated/α-hetero) is 1. The molecule has 0 aliphatic heterocycles. The first-order chi connectivity index (χ1) is 8.54. The maximum absolute atomic E-state index is 11.9. The first-order valence-electron chi connectivity index (χ1n) is 6.00. The smallest absolute Gasteiger partial charge is 0.156 e. The molecule has 1 unspecified atom stereocenters. The standard InChI is InChI=1S/C13H18ClN3O/c1-4-7-9(15)12(18)8-11-13(14)10(5-2)16-17(11)6-3/h1,9H,5-8,15H2,2-3H3. The molecule has 0 saturated carbocycles. The summed E-state index contributed by atoms with van der Waals surface area (Å²) in [5.41, 5.74) is 7.23. The second kappa shape index (κ2) is 6.58. The molecule has 2 N–H and O–H groups in total. The maximum Gasteiger partial charge on any atom is 0.156 e. The first-order valence-corrected chi connectivity index (χ1v) is 6.38. The summed E-state index contributed by atoms with van der Waals surface area (Å²) in [7, 11) is 0. The molecule has 1 aromatic rings. The third-order valence-electron chi connectivity index (χ3n) is 2.79. The molecule has 0 fully saturated rings. The van der Waals surface area contributed by atoms with Crippen LogP contribution in [-0.4, -0.2) is 21.6 Å². The van der Waals surface area contributed by atoms with Gasteiger partial charge in [-0.15, -0.1) is 12.3 Å². The number of aryl methyl sites for hydroxylation is 2. The van der Waals surface area contributed by atoms with E-state index in [0.717, 1.165) is 17.8 Å². The predicted molar refractivity (Wildman–Crippen MR) is 72.4 cm³/mol. The van der Waals surface area contributed by atoms with E-state index in [-0.39, 0.29) is 18.6 Å². The third-order valence-corrected chi connectivity index (χ3v) is 3.22. The van der Waals surface area contributed by atoms with E-state index in [1.807, 2.05) is 13.8 Å². The van der Waals surface area contributed by atoms with E-state index >= 15 is 0 Å². The molecule has 0 saturated heterocycles. The Hall–Kier alpha value is -1.31. The quantitative estimate of drug-likeness (QED) is 0.796. The fourth-order valence-corrected chi connectivity index (χ4v) is 2.06. The van der Waals surface area contributed by atoms with Crippen LogP contribution in [0.2, 0.25) is 5.02 Å². The number of rotatable bonds is 6. The molecular formula is C13H18ClN3O. The van der Waals surface area contributed by atoms with Gasteiger partial charge in [0.15, 0.2) is 5.78 Å². The number of carbonyl (C=O) groups excluding carboxylic acids is 1. The number of carbonyl (C=O) groups is 1. The highest BCUT2D eigenvalue weighted by molar-refractivity contribution is 6.32. The Bertz CT molecular complexity index is 473. The lowest BCUT2D eigenvalue weighted by molar-refractivity contribution is -0.119. The van der Waals surface area contributed by atoms with Crippen molar-refractivity contribution in [1.82, 2.24) is 9.78 Å². The van der Waals surface area contributed by atoms with Crippen molar-refractivity contribution in [2.45, 2.75) is 45.7 Å². The van der Waals surface area contributed by atoms with Crippen molar-refractivity contribution >= 4 is 17.4 Å². The summed E-state index contributed by atoms with van der Waals surface area (Å²) in [5, 5.41) is 4.93. The monoisotopic (exact) mass is 267 g/mol. The molecule has 1 aromatic heterocycles. The molecule has 1 heterocycles. The Morgan fingerprint density at radius 3 is 2.78 bits per heavy atom. The fourth-order valence-electron chi connectivity index (χ4n) is 1.72. The minimum absolute atomic E-state index is 0.105. The average Bonchev–Trinajstić information content (AvgIpc) is 2.66. The molecule has 0 aliphatic carbocycles. The molecule has 4 nitrogen and oxygen atoms in total. The third kappa shape index (κ3) is 3.12. The fraction of sp³-hybridized carbons (Fsp3) is 0.538. The van der Waals surface area contributed by atoms with E-state index in [0.29, 0.717) is 11.6 Å². The van der Waals surface area contributed by atoms with Gasteiger partial charge in [0.05, 0.1) is 28.9 Å². The summed E-state index contributed by atoms with van der Waals surface area (Å²) in [6.07, 6.45) is 6.32. The van der Waals surface area contributed by atoms with Crippen LogP contribution in [0.25, 0.3) is 0 Å². The Morgan fingerprint density at radius 2 is 2.28 bits per heavy atom. The number of terminal acetylenes is 1. The van der Waals surface area contributed by atoms with E-state index in [2.05, 4.69) is 11.0 Å². The van der Waals surface area contributed by atoms with Crippen molar-refractivity contribution in [3.05, 3.63) is 16.4 Å². The van der Waals surface area contributed by atoms with E-state index in [4.69, 9.17) is 23.8 Å². The molecule has 18 heavy (non-hydrogen) atoms.